The van der Waals surface area contributed by atoms with Crippen LogP contribution in [0.2, 0.25) is 0 Å². The van der Waals surface area contributed by atoms with E-state index in [-0.39, 0.29) is 18.4 Å². The molecular weight excluding hydrogens is 246 g/mol. The third kappa shape index (κ3) is 5.16. The molecule has 1 aliphatic rings. The third-order valence-corrected chi connectivity index (χ3v) is 3.43. The molecule has 3 N–H and O–H groups in total. The van der Waals surface area contributed by atoms with Gasteiger partial charge in [-0.05, 0) is 12.3 Å². The summed E-state index contributed by atoms with van der Waals surface area (Å²) in [5.74, 6) is -0.359. The fraction of sp³-hybridized carbons (Fsp3) is 0.846. The molecule has 1 heterocycles. The van der Waals surface area contributed by atoms with Gasteiger partial charge in [-0.15, -0.1) is 0 Å². The molecule has 1 amide bonds. The van der Waals surface area contributed by atoms with Crippen LogP contribution in [0, 0.1) is 11.8 Å². The maximum absolute atomic E-state index is 12.3. The van der Waals surface area contributed by atoms with E-state index in [2.05, 4.69) is 13.8 Å². The lowest BCUT2D eigenvalue weighted by molar-refractivity contribution is -0.140. The molecule has 0 radical (unpaired) electrons. The van der Waals surface area contributed by atoms with E-state index in [4.69, 9.17) is 10.8 Å². The third-order valence-electron chi connectivity index (χ3n) is 3.43. The second-order valence-electron chi connectivity index (χ2n) is 5.56. The van der Waals surface area contributed by atoms with E-state index in [1.165, 1.54) is 0 Å². The van der Waals surface area contributed by atoms with Gasteiger partial charge in [0, 0.05) is 32.7 Å². The van der Waals surface area contributed by atoms with Gasteiger partial charge < -0.3 is 15.7 Å². The van der Waals surface area contributed by atoms with Gasteiger partial charge in [0.2, 0.25) is 5.91 Å². The van der Waals surface area contributed by atoms with Crippen molar-refractivity contribution in [3.63, 3.8) is 0 Å². The van der Waals surface area contributed by atoms with Crippen molar-refractivity contribution >= 4 is 11.9 Å². The lowest BCUT2D eigenvalue weighted by Gasteiger charge is -2.35. The zero-order chi connectivity index (χ0) is 14.4. The summed E-state index contributed by atoms with van der Waals surface area (Å²) in [7, 11) is 0. The highest BCUT2D eigenvalue weighted by Gasteiger charge is 2.27. The fourth-order valence-electron chi connectivity index (χ4n) is 2.44. The van der Waals surface area contributed by atoms with Gasteiger partial charge in [-0.1, -0.05) is 13.8 Å². The van der Waals surface area contributed by atoms with E-state index in [0.29, 0.717) is 38.6 Å². The number of carboxylic acid groups (broad SMARTS) is 1. The summed E-state index contributed by atoms with van der Waals surface area (Å²) in [5, 5.41) is 8.73. The minimum atomic E-state index is -0.820. The number of carbonyl (C=O) groups excluding carboxylic acids is 1. The number of nitrogens with zero attached hydrogens (tertiary/aromatic N) is 2. The second kappa shape index (κ2) is 7.45. The number of piperazine rings is 1. The number of nitrogens with two attached hydrogens (primary N) is 1. The van der Waals surface area contributed by atoms with E-state index in [9.17, 15) is 9.59 Å². The van der Waals surface area contributed by atoms with Crippen molar-refractivity contribution in [3.8, 4) is 0 Å². The summed E-state index contributed by atoms with van der Waals surface area (Å²) in [6.45, 7) is 7.04. The maximum atomic E-state index is 12.3. The largest absolute Gasteiger partial charge is 0.480 e. The Kier molecular flexibility index (Phi) is 6.24. The summed E-state index contributed by atoms with van der Waals surface area (Å²) >= 11 is 0. The highest BCUT2D eigenvalue weighted by molar-refractivity contribution is 5.79. The second-order valence-corrected chi connectivity index (χ2v) is 5.56. The Morgan fingerprint density at radius 1 is 1.21 bits per heavy atom. The van der Waals surface area contributed by atoms with Crippen molar-refractivity contribution in [2.45, 2.75) is 20.3 Å². The van der Waals surface area contributed by atoms with Gasteiger partial charge in [-0.25, -0.2) is 0 Å². The van der Waals surface area contributed by atoms with Gasteiger partial charge in [-0.3, -0.25) is 14.5 Å². The number of rotatable bonds is 6. The predicted molar refractivity (Wildman–Crippen MR) is 72.7 cm³/mol. The van der Waals surface area contributed by atoms with E-state index in [1.54, 1.807) is 0 Å². The van der Waals surface area contributed by atoms with Gasteiger partial charge in [-0.2, -0.15) is 0 Å². The molecule has 0 bridgehead atoms. The number of carbonyl (C=O) groups is 2. The molecular formula is C13H25N3O3. The Labute approximate surface area is 114 Å². The molecule has 6 heteroatoms. The monoisotopic (exact) mass is 271 g/mol. The normalized spacial score (nSPS) is 18.6. The molecule has 0 aromatic carbocycles. The minimum absolute atomic E-state index is 0.0499. The minimum Gasteiger partial charge on any atom is -0.480 e. The smallest absolute Gasteiger partial charge is 0.317 e. The highest BCUT2D eigenvalue weighted by atomic mass is 16.4. The summed E-state index contributed by atoms with van der Waals surface area (Å²) in [6.07, 6.45) is 0.810. The topological polar surface area (TPSA) is 86.9 Å². The zero-order valence-corrected chi connectivity index (χ0v) is 11.8. The lowest BCUT2D eigenvalue weighted by atomic mass is 9.95. The Morgan fingerprint density at radius 3 is 2.21 bits per heavy atom. The van der Waals surface area contributed by atoms with E-state index in [0.717, 1.165) is 6.42 Å². The molecule has 1 fully saturated rings. The first kappa shape index (κ1) is 15.9. The van der Waals surface area contributed by atoms with Crippen LogP contribution in [-0.2, 0) is 9.59 Å². The van der Waals surface area contributed by atoms with Crippen LogP contribution in [0.5, 0.6) is 0 Å². The number of amides is 1. The average Bonchev–Trinajstić information content (AvgIpc) is 2.35. The van der Waals surface area contributed by atoms with Crippen LogP contribution in [0.1, 0.15) is 20.3 Å². The van der Waals surface area contributed by atoms with Crippen LogP contribution in [0.3, 0.4) is 0 Å². The molecule has 1 unspecified atom stereocenters. The molecule has 110 valence electrons. The molecule has 1 aliphatic heterocycles. The van der Waals surface area contributed by atoms with E-state index >= 15 is 0 Å². The highest BCUT2D eigenvalue weighted by Crippen LogP contribution is 2.15. The van der Waals surface area contributed by atoms with Gasteiger partial charge in [0.25, 0.3) is 0 Å². The molecule has 1 saturated heterocycles. The maximum Gasteiger partial charge on any atom is 0.317 e. The van der Waals surface area contributed by atoms with Crippen molar-refractivity contribution < 1.29 is 14.7 Å². The van der Waals surface area contributed by atoms with Crippen LogP contribution < -0.4 is 5.73 Å². The lowest BCUT2D eigenvalue weighted by Crippen LogP contribution is -2.52. The van der Waals surface area contributed by atoms with Gasteiger partial charge in [0.05, 0.1) is 12.5 Å². The van der Waals surface area contributed by atoms with Crippen molar-refractivity contribution in [2.24, 2.45) is 17.6 Å². The first-order valence-corrected chi connectivity index (χ1v) is 6.87. The number of hydrogen-bond acceptors (Lipinski definition) is 4. The molecule has 6 nitrogen and oxygen atoms in total. The molecule has 1 rings (SSSR count). The van der Waals surface area contributed by atoms with Crippen molar-refractivity contribution in [2.75, 3.05) is 39.3 Å². The summed E-state index contributed by atoms with van der Waals surface area (Å²) in [5.41, 5.74) is 5.69. The Bertz CT molecular complexity index is 312. The molecule has 0 spiro atoms. The SMILES string of the molecule is CC(C)CC(CN)C(=O)N1CCN(CC(=O)O)CC1. The average molecular weight is 271 g/mol. The standard InChI is InChI=1S/C13H25N3O3/c1-10(2)7-11(8-14)13(19)16-5-3-15(4-6-16)9-12(17)18/h10-11H,3-9,14H2,1-2H3,(H,17,18). The Morgan fingerprint density at radius 2 is 1.79 bits per heavy atom. The van der Waals surface area contributed by atoms with E-state index in [1.807, 2.05) is 9.80 Å². The number of carboxylic acids is 1. The van der Waals surface area contributed by atoms with Crippen LogP contribution in [0.25, 0.3) is 0 Å². The van der Waals surface area contributed by atoms with Crippen molar-refractivity contribution in [1.82, 2.24) is 9.80 Å². The van der Waals surface area contributed by atoms with Crippen LogP contribution >= 0.6 is 0 Å². The molecule has 0 aromatic rings. The summed E-state index contributed by atoms with van der Waals surface area (Å²) in [6, 6.07) is 0. The molecule has 0 aliphatic carbocycles. The molecule has 0 aromatic heterocycles. The first-order valence-electron chi connectivity index (χ1n) is 6.87. The number of aliphatic carboxylic acids is 1. The predicted octanol–water partition coefficient (Wildman–Crippen LogP) is -0.164. The van der Waals surface area contributed by atoms with Crippen molar-refractivity contribution in [1.29, 1.82) is 0 Å². The van der Waals surface area contributed by atoms with Crippen LogP contribution in [0.4, 0.5) is 0 Å². The van der Waals surface area contributed by atoms with Gasteiger partial charge in [0.15, 0.2) is 0 Å². The van der Waals surface area contributed by atoms with E-state index < -0.39 is 5.97 Å². The fourth-order valence-corrected chi connectivity index (χ4v) is 2.44. The summed E-state index contributed by atoms with van der Waals surface area (Å²) in [4.78, 5) is 26.6. The summed E-state index contributed by atoms with van der Waals surface area (Å²) < 4.78 is 0. The first-order chi connectivity index (χ1) is 8.93. The van der Waals surface area contributed by atoms with Crippen molar-refractivity contribution in [3.05, 3.63) is 0 Å². The van der Waals surface area contributed by atoms with Gasteiger partial charge in [0.1, 0.15) is 0 Å². The quantitative estimate of drug-likeness (QED) is 0.701. The zero-order valence-electron chi connectivity index (χ0n) is 11.8. The van der Waals surface area contributed by atoms with Gasteiger partial charge >= 0.3 is 5.97 Å². The Hall–Kier alpha value is -1.14. The Balaban J connectivity index is 2.45. The number of hydrogen-bond donors (Lipinski definition) is 2. The molecule has 1 atom stereocenters. The van der Waals surface area contributed by atoms with Crippen LogP contribution in [0.15, 0.2) is 0 Å². The van der Waals surface area contributed by atoms with Crippen LogP contribution in [-0.4, -0.2) is 66.1 Å². The molecule has 0 saturated carbocycles. The molecule has 19 heavy (non-hydrogen) atoms.